The third-order valence-corrected chi connectivity index (χ3v) is 5.02. The molecule has 3 nitrogen and oxygen atoms in total. The van der Waals surface area contributed by atoms with E-state index >= 15 is 0 Å². The molecule has 1 aromatic heterocycles. The summed E-state index contributed by atoms with van der Waals surface area (Å²) in [6, 6.07) is 2.27. The van der Waals surface area contributed by atoms with Crippen molar-refractivity contribution in [3.63, 3.8) is 0 Å². The number of thiophene rings is 1. The van der Waals surface area contributed by atoms with Crippen molar-refractivity contribution < 1.29 is 4.79 Å². The van der Waals surface area contributed by atoms with Gasteiger partial charge in [-0.05, 0) is 56.2 Å². The van der Waals surface area contributed by atoms with Gasteiger partial charge in [0.25, 0.3) is 0 Å². The third-order valence-electron chi connectivity index (χ3n) is 3.78. The minimum atomic E-state index is 0.164. The number of hydrogen-bond donors (Lipinski definition) is 2. The number of rotatable bonds is 7. The summed E-state index contributed by atoms with van der Waals surface area (Å²) >= 11 is 1.87. The van der Waals surface area contributed by atoms with Gasteiger partial charge in [0, 0.05) is 16.2 Å². The Morgan fingerprint density at radius 2 is 2.32 bits per heavy atom. The molecule has 2 rings (SSSR count). The molecule has 1 atom stereocenters. The molecule has 0 saturated carbocycles. The number of nitrogens with two attached hydrogens (primary N) is 1. The van der Waals surface area contributed by atoms with E-state index in [-0.39, 0.29) is 5.91 Å². The molecule has 1 aliphatic rings. The van der Waals surface area contributed by atoms with Crippen LogP contribution in [0.5, 0.6) is 0 Å². The fraction of sp³-hybridized carbons (Fsp3) is 0.667. The first-order valence-corrected chi connectivity index (χ1v) is 8.08. The number of nitrogens with one attached hydrogen (secondary N) is 1. The Labute approximate surface area is 119 Å². The van der Waals surface area contributed by atoms with Crippen LogP contribution in [-0.4, -0.2) is 12.5 Å². The van der Waals surface area contributed by atoms with Crippen LogP contribution in [0, 0.1) is 5.92 Å². The van der Waals surface area contributed by atoms with Crippen molar-refractivity contribution in [2.24, 2.45) is 11.7 Å². The van der Waals surface area contributed by atoms with Crippen molar-refractivity contribution in [1.82, 2.24) is 5.32 Å². The lowest BCUT2D eigenvalue weighted by Crippen LogP contribution is -2.22. The molecule has 1 unspecified atom stereocenters. The van der Waals surface area contributed by atoms with Gasteiger partial charge in [-0.15, -0.1) is 11.3 Å². The average molecular weight is 280 g/mol. The number of hydrogen-bond acceptors (Lipinski definition) is 3. The van der Waals surface area contributed by atoms with Gasteiger partial charge in [0.15, 0.2) is 0 Å². The van der Waals surface area contributed by atoms with E-state index in [1.807, 2.05) is 11.3 Å². The van der Waals surface area contributed by atoms with Gasteiger partial charge in [-0.25, -0.2) is 0 Å². The van der Waals surface area contributed by atoms with Gasteiger partial charge in [0.2, 0.25) is 5.91 Å². The standard InChI is InChI=1S/C15H24N2OS/c1-11(7-8-16)5-6-15(18)17-10-13-9-12-3-2-4-14(12)19-13/h9,11H,2-8,10,16H2,1H3,(H,17,18). The molecule has 19 heavy (non-hydrogen) atoms. The first-order valence-electron chi connectivity index (χ1n) is 7.26. The topological polar surface area (TPSA) is 55.1 Å². The first-order chi connectivity index (χ1) is 9.19. The minimum Gasteiger partial charge on any atom is -0.351 e. The predicted octanol–water partition coefficient (Wildman–Crippen LogP) is 2.62. The fourth-order valence-electron chi connectivity index (χ4n) is 2.56. The summed E-state index contributed by atoms with van der Waals surface area (Å²) in [5.41, 5.74) is 7.01. The lowest BCUT2D eigenvalue weighted by molar-refractivity contribution is -0.121. The Kier molecular flexibility index (Phi) is 5.40. The summed E-state index contributed by atoms with van der Waals surface area (Å²) in [5, 5.41) is 3.03. The predicted molar refractivity (Wildman–Crippen MR) is 80.3 cm³/mol. The SMILES string of the molecule is CC(CCN)CCC(=O)NCc1cc2c(s1)CCC2. The molecule has 0 saturated heterocycles. The summed E-state index contributed by atoms with van der Waals surface area (Å²) in [6.45, 7) is 3.56. The van der Waals surface area contributed by atoms with Gasteiger partial charge in [-0.3, -0.25) is 4.79 Å². The van der Waals surface area contributed by atoms with E-state index < -0.39 is 0 Å². The Balaban J connectivity index is 1.68. The maximum Gasteiger partial charge on any atom is 0.220 e. The maximum absolute atomic E-state index is 11.8. The minimum absolute atomic E-state index is 0.164. The Hall–Kier alpha value is -0.870. The molecule has 3 N–H and O–H groups in total. The average Bonchev–Trinajstić information content (AvgIpc) is 2.94. The van der Waals surface area contributed by atoms with Crippen molar-refractivity contribution in [3.05, 3.63) is 21.4 Å². The lowest BCUT2D eigenvalue weighted by Gasteiger charge is -2.09. The van der Waals surface area contributed by atoms with Crippen LogP contribution in [0.25, 0.3) is 0 Å². The second-order valence-corrected chi connectivity index (χ2v) is 6.73. The van der Waals surface area contributed by atoms with Crippen LogP contribution in [0.1, 0.15) is 47.9 Å². The van der Waals surface area contributed by atoms with Crippen LogP contribution < -0.4 is 11.1 Å². The van der Waals surface area contributed by atoms with E-state index in [0.717, 1.165) is 12.8 Å². The third kappa shape index (κ3) is 4.32. The van der Waals surface area contributed by atoms with Crippen molar-refractivity contribution in [3.8, 4) is 0 Å². The monoisotopic (exact) mass is 280 g/mol. The lowest BCUT2D eigenvalue weighted by atomic mass is 10.0. The van der Waals surface area contributed by atoms with Crippen LogP contribution in [0.3, 0.4) is 0 Å². The normalized spacial score (nSPS) is 15.3. The Bertz CT molecular complexity index is 406. The highest BCUT2D eigenvalue weighted by molar-refractivity contribution is 7.12. The zero-order valence-corrected chi connectivity index (χ0v) is 12.5. The van der Waals surface area contributed by atoms with Gasteiger partial charge in [-0.1, -0.05) is 6.92 Å². The molecule has 1 amide bonds. The number of aryl methyl sites for hydroxylation is 2. The van der Waals surface area contributed by atoms with Crippen molar-refractivity contribution in [2.75, 3.05) is 6.54 Å². The summed E-state index contributed by atoms with van der Waals surface area (Å²) < 4.78 is 0. The van der Waals surface area contributed by atoms with E-state index in [1.54, 1.807) is 0 Å². The zero-order chi connectivity index (χ0) is 13.7. The second-order valence-electron chi connectivity index (χ2n) is 5.51. The molecule has 0 radical (unpaired) electrons. The molecular weight excluding hydrogens is 256 g/mol. The molecule has 1 aliphatic carbocycles. The molecule has 1 heterocycles. The highest BCUT2D eigenvalue weighted by Gasteiger charge is 2.15. The summed E-state index contributed by atoms with van der Waals surface area (Å²) in [6.07, 6.45) is 6.30. The van der Waals surface area contributed by atoms with Crippen LogP contribution in [0.15, 0.2) is 6.07 Å². The number of carbonyl (C=O) groups is 1. The molecule has 0 spiro atoms. The van der Waals surface area contributed by atoms with Crippen LogP contribution in [0.2, 0.25) is 0 Å². The molecule has 1 aromatic rings. The smallest absolute Gasteiger partial charge is 0.220 e. The highest BCUT2D eigenvalue weighted by atomic mass is 32.1. The number of fused-ring (bicyclic) bond motifs is 1. The summed E-state index contributed by atoms with van der Waals surface area (Å²) in [4.78, 5) is 14.6. The molecule has 0 aromatic carbocycles. The Morgan fingerprint density at radius 3 is 3.05 bits per heavy atom. The number of amides is 1. The largest absolute Gasteiger partial charge is 0.351 e. The van der Waals surface area contributed by atoms with E-state index in [0.29, 0.717) is 25.4 Å². The van der Waals surface area contributed by atoms with E-state index in [4.69, 9.17) is 5.73 Å². The zero-order valence-electron chi connectivity index (χ0n) is 11.7. The Morgan fingerprint density at radius 1 is 1.47 bits per heavy atom. The molecule has 0 bridgehead atoms. The van der Waals surface area contributed by atoms with E-state index in [9.17, 15) is 4.79 Å². The van der Waals surface area contributed by atoms with Crippen LogP contribution >= 0.6 is 11.3 Å². The van der Waals surface area contributed by atoms with E-state index in [2.05, 4.69) is 18.3 Å². The number of carbonyl (C=O) groups excluding carboxylic acids is 1. The highest BCUT2D eigenvalue weighted by Crippen LogP contribution is 2.30. The van der Waals surface area contributed by atoms with Gasteiger partial charge in [0.05, 0.1) is 6.54 Å². The van der Waals surface area contributed by atoms with Crippen molar-refractivity contribution in [1.29, 1.82) is 0 Å². The van der Waals surface area contributed by atoms with Crippen molar-refractivity contribution in [2.45, 2.75) is 52.0 Å². The summed E-state index contributed by atoms with van der Waals surface area (Å²) in [5.74, 6) is 0.707. The van der Waals surface area contributed by atoms with Gasteiger partial charge >= 0.3 is 0 Å². The molecule has 4 heteroatoms. The van der Waals surface area contributed by atoms with E-state index in [1.165, 1.54) is 34.6 Å². The quantitative estimate of drug-likeness (QED) is 0.806. The van der Waals surface area contributed by atoms with Crippen LogP contribution in [0.4, 0.5) is 0 Å². The second kappa shape index (κ2) is 7.06. The van der Waals surface area contributed by atoms with Gasteiger partial charge < -0.3 is 11.1 Å². The van der Waals surface area contributed by atoms with Crippen LogP contribution in [-0.2, 0) is 24.2 Å². The molecule has 0 aliphatic heterocycles. The molecule has 0 fully saturated rings. The first kappa shape index (κ1) is 14.5. The fourth-order valence-corrected chi connectivity index (χ4v) is 3.76. The van der Waals surface area contributed by atoms with Crippen molar-refractivity contribution >= 4 is 17.2 Å². The molecular formula is C15H24N2OS. The maximum atomic E-state index is 11.8. The van der Waals surface area contributed by atoms with Gasteiger partial charge in [-0.2, -0.15) is 0 Å². The van der Waals surface area contributed by atoms with Gasteiger partial charge in [0.1, 0.15) is 0 Å². The molecule has 106 valence electrons. The summed E-state index contributed by atoms with van der Waals surface area (Å²) in [7, 11) is 0.